The zero-order valence-electron chi connectivity index (χ0n) is 19.8. The van der Waals surface area contributed by atoms with E-state index in [-0.39, 0.29) is 5.56 Å². The molecule has 34 heavy (non-hydrogen) atoms. The highest BCUT2D eigenvalue weighted by Crippen LogP contribution is 2.33. The van der Waals surface area contributed by atoms with E-state index in [1.54, 1.807) is 25.2 Å². The number of aliphatic carboxylic acids is 1. The van der Waals surface area contributed by atoms with E-state index >= 15 is 0 Å². The topological polar surface area (TPSA) is 178 Å². The first-order valence-corrected chi connectivity index (χ1v) is 11.6. The molecule has 0 spiro atoms. The molecule has 13 heteroatoms. The normalized spacial score (nSPS) is 11.2. The third kappa shape index (κ3) is 6.05. The van der Waals surface area contributed by atoms with E-state index in [1.165, 1.54) is 4.68 Å². The van der Waals surface area contributed by atoms with E-state index in [2.05, 4.69) is 20.2 Å². The van der Waals surface area contributed by atoms with Crippen LogP contribution in [0.4, 0.5) is 0 Å². The molecule has 6 N–H and O–H groups in total. The third-order valence-electron chi connectivity index (χ3n) is 4.38. The number of ether oxygens (including phenoxy) is 1. The maximum absolute atomic E-state index is 12.8. The highest BCUT2D eigenvalue weighted by atomic mass is 32.2. The highest BCUT2D eigenvalue weighted by molar-refractivity contribution is 7.97. The molecule has 0 unspecified atom stereocenters. The van der Waals surface area contributed by atoms with Crippen molar-refractivity contribution in [1.29, 1.82) is 0 Å². The maximum Gasteiger partial charge on any atom is 0.373 e. The number of carboxylic acid groups (broad SMARTS) is 1. The minimum Gasteiger partial charge on any atom is -0.493 e. The average molecular weight is 491 g/mol. The highest BCUT2D eigenvalue weighted by Gasteiger charge is 2.18. The smallest absolute Gasteiger partial charge is 0.373 e. The summed E-state index contributed by atoms with van der Waals surface area (Å²) >= 11 is 0.937. The molecule has 0 saturated carbocycles. The van der Waals surface area contributed by atoms with E-state index in [4.69, 9.17) is 21.4 Å². The quantitative estimate of drug-likeness (QED) is 0.120. The van der Waals surface area contributed by atoms with Gasteiger partial charge < -0.3 is 20.6 Å². The first kappa shape index (κ1) is 26.7. The molecule has 0 aliphatic rings. The van der Waals surface area contributed by atoms with E-state index in [1.807, 2.05) is 27.7 Å². The van der Waals surface area contributed by atoms with Crippen LogP contribution in [0.5, 0.6) is 5.75 Å². The molecule has 2 aromatic heterocycles. The van der Waals surface area contributed by atoms with Crippen LogP contribution < -0.4 is 21.9 Å². The Morgan fingerprint density at radius 1 is 1.35 bits per heavy atom. The van der Waals surface area contributed by atoms with Crippen molar-refractivity contribution in [2.45, 2.75) is 45.4 Å². The lowest BCUT2D eigenvalue weighted by Gasteiger charge is -2.14. The van der Waals surface area contributed by atoms with Gasteiger partial charge in [-0.25, -0.2) is 15.6 Å². The van der Waals surface area contributed by atoms with Gasteiger partial charge in [-0.2, -0.15) is 9.62 Å². The molecule has 0 amide bonds. The standard InChI is InChI=1S/C19H24N8O4S.C2H6/c1-4-6-12-14-15(26(3)24-12)18(28)23-17(22-14)11-9-10(7-8-13(11)31-5-2)32-27(21)25-16(20)19(29)30;1-2/h7-9H,4-6,21H2,1-3H3,(H2,20,25)(H,29,30)(H,22,23,28);1-2H3. The fraction of sp³-hybridized carbons (Fsp3) is 0.381. The summed E-state index contributed by atoms with van der Waals surface area (Å²) in [7, 11) is 1.71. The molecule has 0 saturated heterocycles. The first-order chi connectivity index (χ1) is 16.2. The maximum atomic E-state index is 12.8. The number of nitrogens with zero attached hydrogens (tertiary/aromatic N) is 5. The van der Waals surface area contributed by atoms with Crippen molar-refractivity contribution in [3.63, 3.8) is 0 Å². The minimum atomic E-state index is -1.39. The van der Waals surface area contributed by atoms with Crippen LogP contribution in [0.15, 0.2) is 33.0 Å². The Morgan fingerprint density at radius 2 is 2.06 bits per heavy atom. The summed E-state index contributed by atoms with van der Waals surface area (Å²) in [6, 6.07) is 5.14. The lowest BCUT2D eigenvalue weighted by molar-refractivity contribution is -0.129. The molecular formula is C21H30N8O4S. The molecule has 0 atom stereocenters. The number of aromatic amines is 1. The number of hydrogen-bond donors (Lipinski definition) is 4. The minimum absolute atomic E-state index is 0.316. The van der Waals surface area contributed by atoms with Crippen LogP contribution in [-0.2, 0) is 18.3 Å². The number of fused-ring (bicyclic) bond motifs is 1. The van der Waals surface area contributed by atoms with Gasteiger partial charge in [0.05, 0.1) is 17.9 Å². The fourth-order valence-corrected chi connectivity index (χ4v) is 3.73. The molecule has 0 fully saturated rings. The summed E-state index contributed by atoms with van der Waals surface area (Å²) in [5.74, 6) is 4.52. The van der Waals surface area contributed by atoms with Gasteiger partial charge in [-0.05, 0) is 31.5 Å². The van der Waals surface area contributed by atoms with Crippen molar-refractivity contribution >= 4 is 34.8 Å². The van der Waals surface area contributed by atoms with Gasteiger partial charge in [-0.3, -0.25) is 9.48 Å². The van der Waals surface area contributed by atoms with E-state index in [9.17, 15) is 9.59 Å². The summed E-state index contributed by atoms with van der Waals surface area (Å²) in [6.45, 7) is 8.28. The lowest BCUT2D eigenvalue weighted by Crippen LogP contribution is -2.29. The van der Waals surface area contributed by atoms with Gasteiger partial charge in [-0.1, -0.05) is 27.2 Å². The van der Waals surface area contributed by atoms with Crippen molar-refractivity contribution in [2.75, 3.05) is 6.61 Å². The van der Waals surface area contributed by atoms with Crippen molar-refractivity contribution in [3.05, 3.63) is 34.2 Å². The number of H-pyrrole nitrogens is 1. The number of carboxylic acids is 1. The van der Waals surface area contributed by atoms with Crippen LogP contribution in [0.25, 0.3) is 22.4 Å². The average Bonchev–Trinajstić information content (AvgIpc) is 3.12. The number of benzene rings is 1. The first-order valence-electron chi connectivity index (χ1n) is 10.8. The molecule has 3 rings (SSSR count). The number of rotatable bonds is 8. The third-order valence-corrected chi connectivity index (χ3v) is 5.11. The molecule has 0 aliphatic heterocycles. The fourth-order valence-electron chi connectivity index (χ4n) is 3.09. The summed E-state index contributed by atoms with van der Waals surface area (Å²) in [4.78, 5) is 31.7. The molecule has 184 valence electrons. The van der Waals surface area contributed by atoms with E-state index < -0.39 is 11.8 Å². The van der Waals surface area contributed by atoms with Gasteiger partial charge in [0.25, 0.3) is 5.56 Å². The molecule has 2 heterocycles. The van der Waals surface area contributed by atoms with Crippen LogP contribution in [0.1, 0.15) is 39.8 Å². The number of hydrogen-bond acceptors (Lipinski definition) is 9. The largest absolute Gasteiger partial charge is 0.493 e. The summed E-state index contributed by atoms with van der Waals surface area (Å²) in [6.07, 6.45) is 1.55. The summed E-state index contributed by atoms with van der Waals surface area (Å²) in [5.41, 5.74) is 7.19. The Morgan fingerprint density at radius 3 is 2.68 bits per heavy atom. The zero-order chi connectivity index (χ0) is 25.4. The zero-order valence-corrected chi connectivity index (χ0v) is 20.6. The van der Waals surface area contributed by atoms with Crippen molar-refractivity contribution in [2.24, 2.45) is 23.7 Å². The van der Waals surface area contributed by atoms with E-state index in [0.717, 1.165) is 28.6 Å². The molecule has 0 radical (unpaired) electrons. The van der Waals surface area contributed by atoms with Crippen LogP contribution in [0.2, 0.25) is 0 Å². The Hall–Kier alpha value is -3.58. The van der Waals surface area contributed by atoms with Crippen LogP contribution in [0.3, 0.4) is 0 Å². The van der Waals surface area contributed by atoms with Crippen LogP contribution in [0, 0.1) is 0 Å². The van der Waals surface area contributed by atoms with Crippen molar-refractivity contribution in [3.8, 4) is 17.1 Å². The van der Waals surface area contributed by atoms with Gasteiger partial charge in [0.15, 0.2) is 5.52 Å². The number of aromatic nitrogens is 4. The predicted octanol–water partition coefficient (Wildman–Crippen LogP) is 2.24. The van der Waals surface area contributed by atoms with Crippen molar-refractivity contribution < 1.29 is 14.6 Å². The molecule has 12 nitrogen and oxygen atoms in total. The predicted molar refractivity (Wildman–Crippen MR) is 132 cm³/mol. The SMILES string of the molecule is CC.CCCc1nn(C)c2c(=O)[nH]c(-c3cc(SN(N)/N=C(\N)C(=O)O)ccc3OCC)nc12. The Labute approximate surface area is 201 Å². The second kappa shape index (κ2) is 12.0. The summed E-state index contributed by atoms with van der Waals surface area (Å²) in [5, 5.41) is 16.9. The van der Waals surface area contributed by atoms with Gasteiger partial charge in [-0.15, -0.1) is 5.10 Å². The Bertz CT molecular complexity index is 1240. The number of aryl methyl sites for hydroxylation is 2. The molecule has 0 aliphatic carbocycles. The number of nitrogens with one attached hydrogen (secondary N) is 1. The number of nitrogens with two attached hydrogens (primary N) is 2. The molecule has 1 aromatic carbocycles. The molecule has 0 bridgehead atoms. The van der Waals surface area contributed by atoms with Crippen LogP contribution >= 0.6 is 11.9 Å². The van der Waals surface area contributed by atoms with Crippen LogP contribution in [-0.4, -0.2) is 47.8 Å². The Kier molecular flexibility index (Phi) is 9.45. The number of carbonyl (C=O) groups is 1. The van der Waals surface area contributed by atoms with Gasteiger partial charge in [0.2, 0.25) is 5.84 Å². The number of hydrazone groups is 1. The Balaban J connectivity index is 0.00000199. The second-order valence-corrected chi connectivity index (χ2v) is 7.74. The number of hydrazine groups is 1. The van der Waals surface area contributed by atoms with E-state index in [0.29, 0.717) is 46.1 Å². The molecular weight excluding hydrogens is 460 g/mol. The van der Waals surface area contributed by atoms with Gasteiger partial charge >= 0.3 is 5.97 Å². The van der Waals surface area contributed by atoms with Gasteiger partial charge in [0, 0.05) is 23.9 Å². The number of amidine groups is 1. The molecule has 3 aromatic rings. The van der Waals surface area contributed by atoms with Crippen molar-refractivity contribution in [1.82, 2.24) is 24.3 Å². The monoisotopic (exact) mass is 490 g/mol. The second-order valence-electron chi connectivity index (χ2n) is 6.71. The summed E-state index contributed by atoms with van der Waals surface area (Å²) < 4.78 is 8.09. The lowest BCUT2D eigenvalue weighted by atomic mass is 10.1. The van der Waals surface area contributed by atoms with Gasteiger partial charge in [0.1, 0.15) is 17.1 Å².